The second kappa shape index (κ2) is 11.0. The predicted molar refractivity (Wildman–Crippen MR) is 110 cm³/mol. The molecule has 3 N–H and O–H groups in total. The van der Waals surface area contributed by atoms with Crippen molar-refractivity contribution in [2.75, 3.05) is 24.7 Å². The van der Waals surface area contributed by atoms with Gasteiger partial charge in [-0.05, 0) is 49.9 Å². The van der Waals surface area contributed by atoms with Gasteiger partial charge in [0.2, 0.25) is 0 Å². The molecule has 1 atom stereocenters. The molecular weight excluding hydrogens is 397 g/mol. The lowest BCUT2D eigenvalue weighted by Crippen LogP contribution is -2.55. The number of anilines is 1. The van der Waals surface area contributed by atoms with Crippen molar-refractivity contribution in [2.24, 2.45) is 11.7 Å². The van der Waals surface area contributed by atoms with Crippen LogP contribution >= 0.6 is 0 Å². The standard InChI is InChI=1S/C22H33F3N2O3/c1-21(26,16-28)15-27(20(29)22(23,24)25)18-10-12-19(13-11-18)30-14-6-5-9-17-7-3-2-4-8-17/h10-13,17,28H,2-9,14-16,26H2,1H3/t21-/m0/s1. The van der Waals surface area contributed by atoms with E-state index < -0.39 is 30.8 Å². The highest BCUT2D eigenvalue weighted by Crippen LogP contribution is 2.28. The molecule has 1 amide bonds. The fraction of sp³-hybridized carbons (Fsp3) is 0.682. The number of benzene rings is 1. The number of carbonyl (C=O) groups is 1. The molecule has 2 rings (SSSR count). The largest absolute Gasteiger partial charge is 0.494 e. The Hall–Kier alpha value is -1.80. The second-order valence-corrected chi connectivity index (χ2v) is 8.54. The quantitative estimate of drug-likeness (QED) is 0.539. The highest BCUT2D eigenvalue weighted by atomic mass is 19.4. The topological polar surface area (TPSA) is 75.8 Å². The Morgan fingerprint density at radius 2 is 1.80 bits per heavy atom. The fourth-order valence-corrected chi connectivity index (χ4v) is 3.77. The second-order valence-electron chi connectivity index (χ2n) is 8.54. The van der Waals surface area contributed by atoms with Crippen molar-refractivity contribution < 1.29 is 27.8 Å². The molecule has 30 heavy (non-hydrogen) atoms. The van der Waals surface area contributed by atoms with Crippen molar-refractivity contribution in [3.8, 4) is 5.75 Å². The number of aliphatic hydroxyl groups is 1. The normalized spacial score (nSPS) is 17.4. The van der Waals surface area contributed by atoms with Gasteiger partial charge in [-0.25, -0.2) is 0 Å². The third kappa shape index (κ3) is 7.80. The van der Waals surface area contributed by atoms with Crippen LogP contribution in [-0.4, -0.2) is 42.5 Å². The van der Waals surface area contributed by atoms with Gasteiger partial charge in [-0.15, -0.1) is 0 Å². The molecule has 1 saturated carbocycles. The molecule has 0 aromatic heterocycles. The molecule has 0 spiro atoms. The van der Waals surface area contributed by atoms with E-state index in [0.29, 0.717) is 17.3 Å². The van der Waals surface area contributed by atoms with Crippen molar-refractivity contribution in [2.45, 2.75) is 70.0 Å². The molecule has 1 aromatic rings. The van der Waals surface area contributed by atoms with Gasteiger partial charge in [0.05, 0.1) is 18.8 Å². The Labute approximate surface area is 176 Å². The van der Waals surface area contributed by atoms with Gasteiger partial charge < -0.3 is 20.5 Å². The third-order valence-electron chi connectivity index (χ3n) is 5.52. The molecule has 1 fully saturated rings. The van der Waals surface area contributed by atoms with Gasteiger partial charge in [-0.1, -0.05) is 38.5 Å². The van der Waals surface area contributed by atoms with Crippen LogP contribution in [0.5, 0.6) is 5.75 Å². The van der Waals surface area contributed by atoms with Crippen LogP contribution in [0.2, 0.25) is 0 Å². The summed E-state index contributed by atoms with van der Waals surface area (Å²) in [7, 11) is 0. The number of nitrogens with two attached hydrogens (primary N) is 1. The molecule has 8 heteroatoms. The van der Waals surface area contributed by atoms with Gasteiger partial charge >= 0.3 is 12.1 Å². The van der Waals surface area contributed by atoms with E-state index in [1.165, 1.54) is 57.6 Å². The maximum Gasteiger partial charge on any atom is 0.471 e. The maximum absolute atomic E-state index is 13.0. The van der Waals surface area contributed by atoms with Crippen LogP contribution < -0.4 is 15.4 Å². The summed E-state index contributed by atoms with van der Waals surface area (Å²) in [6, 6.07) is 5.88. The van der Waals surface area contributed by atoms with E-state index in [2.05, 4.69) is 0 Å². The molecule has 1 aromatic carbocycles. The van der Waals surface area contributed by atoms with E-state index in [4.69, 9.17) is 10.5 Å². The number of aliphatic hydroxyl groups excluding tert-OH is 1. The lowest BCUT2D eigenvalue weighted by Gasteiger charge is -2.31. The van der Waals surface area contributed by atoms with Crippen LogP contribution in [0.4, 0.5) is 18.9 Å². The zero-order valence-electron chi connectivity index (χ0n) is 17.6. The van der Waals surface area contributed by atoms with Crippen LogP contribution in [0, 0.1) is 5.92 Å². The Bertz CT molecular complexity index is 657. The number of unbranched alkanes of at least 4 members (excludes halogenated alkanes) is 1. The zero-order valence-corrected chi connectivity index (χ0v) is 17.6. The minimum absolute atomic E-state index is 0.0482. The maximum atomic E-state index is 13.0. The van der Waals surface area contributed by atoms with Crippen molar-refractivity contribution >= 4 is 11.6 Å². The first-order valence-corrected chi connectivity index (χ1v) is 10.6. The summed E-state index contributed by atoms with van der Waals surface area (Å²) in [5.41, 5.74) is 4.46. The van der Waals surface area contributed by atoms with Crippen LogP contribution in [0.15, 0.2) is 24.3 Å². The van der Waals surface area contributed by atoms with E-state index >= 15 is 0 Å². The molecule has 0 aliphatic heterocycles. The summed E-state index contributed by atoms with van der Waals surface area (Å²) >= 11 is 0. The minimum atomic E-state index is -5.04. The SMILES string of the molecule is C[C@@](N)(CO)CN(C(=O)C(F)(F)F)c1ccc(OCCCCC2CCCCC2)cc1. The van der Waals surface area contributed by atoms with Crippen molar-refractivity contribution in [1.82, 2.24) is 0 Å². The highest BCUT2D eigenvalue weighted by Gasteiger charge is 2.44. The zero-order chi connectivity index (χ0) is 22.2. The molecular formula is C22H33F3N2O3. The number of rotatable bonds is 10. The lowest BCUT2D eigenvalue weighted by molar-refractivity contribution is -0.170. The number of carbonyl (C=O) groups excluding carboxylic acids is 1. The molecule has 5 nitrogen and oxygen atoms in total. The Morgan fingerprint density at radius 3 is 2.37 bits per heavy atom. The molecule has 0 radical (unpaired) electrons. The Balaban J connectivity index is 1.89. The van der Waals surface area contributed by atoms with Crippen LogP contribution in [0.25, 0.3) is 0 Å². The van der Waals surface area contributed by atoms with Crippen molar-refractivity contribution in [3.63, 3.8) is 0 Å². The summed E-state index contributed by atoms with van der Waals surface area (Å²) in [5.74, 6) is -0.653. The van der Waals surface area contributed by atoms with Gasteiger partial charge in [0.25, 0.3) is 0 Å². The average molecular weight is 431 g/mol. The van der Waals surface area contributed by atoms with E-state index in [1.54, 1.807) is 12.1 Å². The molecule has 0 unspecified atom stereocenters. The number of halogens is 3. The predicted octanol–water partition coefficient (Wildman–Crippen LogP) is 4.42. The van der Waals surface area contributed by atoms with Crippen LogP contribution in [-0.2, 0) is 4.79 Å². The van der Waals surface area contributed by atoms with E-state index in [9.17, 15) is 23.1 Å². The number of ether oxygens (including phenoxy) is 1. The van der Waals surface area contributed by atoms with E-state index in [0.717, 1.165) is 18.8 Å². The Kier molecular flexibility index (Phi) is 8.97. The fourth-order valence-electron chi connectivity index (χ4n) is 3.77. The molecule has 0 saturated heterocycles. The van der Waals surface area contributed by atoms with E-state index in [1.807, 2.05) is 0 Å². The number of hydrogen-bond donors (Lipinski definition) is 2. The first-order chi connectivity index (χ1) is 14.1. The smallest absolute Gasteiger partial charge is 0.471 e. The third-order valence-corrected chi connectivity index (χ3v) is 5.52. The van der Waals surface area contributed by atoms with Gasteiger partial charge in [0.1, 0.15) is 5.75 Å². The van der Waals surface area contributed by atoms with Gasteiger partial charge in [0.15, 0.2) is 0 Å². The molecule has 0 bridgehead atoms. The first kappa shape index (κ1) is 24.5. The van der Waals surface area contributed by atoms with Crippen LogP contribution in [0.1, 0.15) is 58.3 Å². The van der Waals surface area contributed by atoms with Gasteiger partial charge in [-0.2, -0.15) is 13.2 Å². The average Bonchev–Trinajstić information content (AvgIpc) is 2.72. The van der Waals surface area contributed by atoms with Gasteiger partial charge in [-0.3, -0.25) is 4.79 Å². The van der Waals surface area contributed by atoms with Gasteiger partial charge in [0, 0.05) is 12.2 Å². The molecule has 1 aliphatic rings. The number of alkyl halides is 3. The van der Waals surface area contributed by atoms with Crippen molar-refractivity contribution in [3.05, 3.63) is 24.3 Å². The Morgan fingerprint density at radius 1 is 1.17 bits per heavy atom. The summed E-state index contributed by atoms with van der Waals surface area (Å²) in [4.78, 5) is 12.4. The number of nitrogens with zero attached hydrogens (tertiary/aromatic N) is 1. The lowest BCUT2D eigenvalue weighted by atomic mass is 9.86. The summed E-state index contributed by atoms with van der Waals surface area (Å²) in [6.45, 7) is 0.900. The minimum Gasteiger partial charge on any atom is -0.494 e. The molecule has 1 aliphatic carbocycles. The van der Waals surface area contributed by atoms with Crippen molar-refractivity contribution in [1.29, 1.82) is 0 Å². The molecule has 170 valence electrons. The monoisotopic (exact) mass is 430 g/mol. The van der Waals surface area contributed by atoms with E-state index in [-0.39, 0.29) is 5.69 Å². The van der Waals surface area contributed by atoms with Crippen LogP contribution in [0.3, 0.4) is 0 Å². The number of amides is 1. The summed E-state index contributed by atoms with van der Waals surface area (Å²) < 4.78 is 44.7. The first-order valence-electron chi connectivity index (χ1n) is 10.6. The summed E-state index contributed by atoms with van der Waals surface area (Å²) in [5, 5.41) is 9.28. The molecule has 0 heterocycles. The summed E-state index contributed by atoms with van der Waals surface area (Å²) in [6.07, 6.45) is 4.89. The number of hydrogen-bond acceptors (Lipinski definition) is 4. The highest BCUT2D eigenvalue weighted by molar-refractivity contribution is 5.97.